The summed E-state index contributed by atoms with van der Waals surface area (Å²) in [6.07, 6.45) is 2.66. The zero-order valence-corrected chi connectivity index (χ0v) is 11.1. The molecule has 1 aliphatic heterocycles. The zero-order valence-electron chi connectivity index (χ0n) is 10.3. The molecule has 19 heavy (non-hydrogen) atoms. The van der Waals surface area contributed by atoms with Crippen molar-refractivity contribution < 1.29 is 0 Å². The number of nitrogens with zero attached hydrogens (tertiary/aromatic N) is 3. The minimum atomic E-state index is 0.398. The second-order valence-corrected chi connectivity index (χ2v) is 5.98. The van der Waals surface area contributed by atoms with Crippen molar-refractivity contribution in [1.82, 2.24) is 0 Å². The number of anilines is 1. The van der Waals surface area contributed by atoms with Gasteiger partial charge in [-0.1, -0.05) is 11.8 Å². The lowest BCUT2D eigenvalue weighted by Gasteiger charge is -2.08. The summed E-state index contributed by atoms with van der Waals surface area (Å²) in [5.41, 5.74) is 1.62. The van der Waals surface area contributed by atoms with Gasteiger partial charge in [-0.25, -0.2) is 0 Å². The lowest BCUT2D eigenvalue weighted by atomic mass is 10.1. The highest BCUT2D eigenvalue weighted by Gasteiger charge is 2.35. The van der Waals surface area contributed by atoms with Gasteiger partial charge in [0.05, 0.1) is 17.7 Å². The molecule has 1 heterocycles. The molecule has 0 radical (unpaired) electrons. The van der Waals surface area contributed by atoms with Crippen LogP contribution >= 0.6 is 11.8 Å². The smallest absolute Gasteiger partial charge is 0.161 e. The van der Waals surface area contributed by atoms with Crippen LogP contribution in [0.5, 0.6) is 0 Å². The molecule has 0 saturated heterocycles. The van der Waals surface area contributed by atoms with E-state index in [1.54, 1.807) is 23.9 Å². The molecule has 94 valence electrons. The fourth-order valence-corrected chi connectivity index (χ4v) is 3.33. The number of hydrogen-bond acceptors (Lipinski definition) is 5. The van der Waals surface area contributed by atoms with E-state index in [1.807, 2.05) is 18.2 Å². The molecule has 2 aliphatic rings. The molecule has 4 nitrogen and oxygen atoms in total. The van der Waals surface area contributed by atoms with Gasteiger partial charge in [-0.15, -0.1) is 0 Å². The first-order valence-corrected chi connectivity index (χ1v) is 7.10. The molecule has 1 saturated carbocycles. The van der Waals surface area contributed by atoms with Crippen molar-refractivity contribution in [3.8, 4) is 12.1 Å². The van der Waals surface area contributed by atoms with E-state index in [9.17, 15) is 0 Å². The third kappa shape index (κ3) is 2.57. The Hall–Kier alpha value is -1.98. The molecular formula is C14H12N4S. The van der Waals surface area contributed by atoms with E-state index >= 15 is 0 Å². The van der Waals surface area contributed by atoms with Crippen molar-refractivity contribution in [3.05, 3.63) is 29.3 Å². The van der Waals surface area contributed by atoms with Crippen molar-refractivity contribution in [3.63, 3.8) is 0 Å². The van der Waals surface area contributed by atoms with Crippen molar-refractivity contribution in [2.75, 3.05) is 11.9 Å². The minimum absolute atomic E-state index is 0.398. The monoisotopic (exact) mass is 268 g/mol. The Morgan fingerprint density at radius 3 is 2.68 bits per heavy atom. The number of benzene rings is 1. The van der Waals surface area contributed by atoms with Crippen LogP contribution < -0.4 is 5.32 Å². The lowest BCUT2D eigenvalue weighted by molar-refractivity contribution is 0.773. The highest BCUT2D eigenvalue weighted by molar-refractivity contribution is 8.15. The van der Waals surface area contributed by atoms with E-state index in [-0.39, 0.29) is 0 Å². The summed E-state index contributed by atoms with van der Waals surface area (Å²) in [6, 6.07) is 9.23. The van der Waals surface area contributed by atoms with Gasteiger partial charge in [0.15, 0.2) is 5.17 Å². The summed E-state index contributed by atoms with van der Waals surface area (Å²) in [6.45, 7) is 0.888. The first kappa shape index (κ1) is 12.1. The Morgan fingerprint density at radius 1 is 1.21 bits per heavy atom. The summed E-state index contributed by atoms with van der Waals surface area (Å²) in [4.78, 5) is 4.49. The molecular weight excluding hydrogens is 256 g/mol. The van der Waals surface area contributed by atoms with Crippen molar-refractivity contribution in [2.24, 2.45) is 10.9 Å². The maximum atomic E-state index is 8.99. The van der Waals surface area contributed by atoms with Gasteiger partial charge >= 0.3 is 0 Å². The maximum absolute atomic E-state index is 8.99. The Bertz CT molecular complexity index is 619. The van der Waals surface area contributed by atoms with Crippen molar-refractivity contribution >= 4 is 22.6 Å². The van der Waals surface area contributed by atoms with E-state index in [2.05, 4.69) is 10.3 Å². The number of rotatable bonds is 2. The van der Waals surface area contributed by atoms with Crippen LogP contribution in [0.3, 0.4) is 0 Å². The Kier molecular flexibility index (Phi) is 3.15. The average molecular weight is 268 g/mol. The standard InChI is InChI=1S/C14H12N4S/c15-6-10-3-4-12(5-11(10)7-16)18-14-17-8-13(19-14)9-1-2-9/h3-5,9,13H,1-2,8H2,(H,17,18). The number of nitriles is 2. The van der Waals surface area contributed by atoms with Crippen molar-refractivity contribution in [2.45, 2.75) is 18.1 Å². The van der Waals surface area contributed by atoms with Crippen LogP contribution in [0.25, 0.3) is 0 Å². The van der Waals surface area contributed by atoms with Crippen LogP contribution in [0, 0.1) is 28.6 Å². The van der Waals surface area contributed by atoms with Crippen molar-refractivity contribution in [1.29, 1.82) is 10.5 Å². The Morgan fingerprint density at radius 2 is 2.00 bits per heavy atom. The second kappa shape index (κ2) is 4.95. The van der Waals surface area contributed by atoms with Gasteiger partial charge in [-0.2, -0.15) is 10.5 Å². The van der Waals surface area contributed by atoms with Crippen LogP contribution in [0.1, 0.15) is 24.0 Å². The molecule has 0 aromatic heterocycles. The molecule has 1 N–H and O–H groups in total. The zero-order chi connectivity index (χ0) is 13.2. The molecule has 1 aliphatic carbocycles. The van der Waals surface area contributed by atoms with E-state index in [4.69, 9.17) is 10.5 Å². The molecule has 1 atom stereocenters. The van der Waals surface area contributed by atoms with Crippen LogP contribution in [-0.4, -0.2) is 17.0 Å². The SMILES string of the molecule is N#Cc1ccc(NC2=NCC(C3CC3)S2)cc1C#N. The van der Waals surface area contributed by atoms with E-state index in [0.29, 0.717) is 16.4 Å². The summed E-state index contributed by atoms with van der Waals surface area (Å²) < 4.78 is 0. The predicted octanol–water partition coefficient (Wildman–Crippen LogP) is 2.72. The molecule has 1 unspecified atom stereocenters. The first-order valence-electron chi connectivity index (χ1n) is 6.22. The van der Waals surface area contributed by atoms with Gasteiger partial charge in [-0.3, -0.25) is 4.99 Å². The van der Waals surface area contributed by atoms with Crippen LogP contribution in [-0.2, 0) is 0 Å². The lowest BCUT2D eigenvalue weighted by Crippen LogP contribution is -2.09. The molecule has 1 aromatic rings. The first-order chi connectivity index (χ1) is 9.30. The fraction of sp³-hybridized carbons (Fsp3) is 0.357. The second-order valence-electron chi connectivity index (χ2n) is 4.75. The summed E-state index contributed by atoms with van der Waals surface area (Å²) in [5.74, 6) is 0.837. The Balaban J connectivity index is 1.70. The van der Waals surface area contributed by atoms with Crippen LogP contribution in [0.15, 0.2) is 23.2 Å². The predicted molar refractivity (Wildman–Crippen MR) is 75.9 cm³/mol. The molecule has 3 rings (SSSR count). The van der Waals surface area contributed by atoms with Gasteiger partial charge < -0.3 is 5.32 Å². The van der Waals surface area contributed by atoms with Gasteiger partial charge in [0, 0.05) is 10.9 Å². The highest BCUT2D eigenvalue weighted by atomic mass is 32.2. The summed E-state index contributed by atoms with van der Waals surface area (Å²) in [5, 5.41) is 22.6. The maximum Gasteiger partial charge on any atom is 0.161 e. The van der Waals surface area contributed by atoms with Crippen LogP contribution in [0.2, 0.25) is 0 Å². The molecule has 0 spiro atoms. The van der Waals surface area contributed by atoms with Crippen LogP contribution in [0.4, 0.5) is 5.69 Å². The largest absolute Gasteiger partial charge is 0.335 e. The Labute approximate surface area is 116 Å². The number of thioether (sulfide) groups is 1. The molecule has 5 heteroatoms. The van der Waals surface area contributed by atoms with Gasteiger partial charge in [-0.05, 0) is 37.0 Å². The summed E-state index contributed by atoms with van der Waals surface area (Å²) >= 11 is 1.79. The van der Waals surface area contributed by atoms with Gasteiger partial charge in [0.2, 0.25) is 0 Å². The molecule has 0 bridgehead atoms. The van der Waals surface area contributed by atoms with E-state index < -0.39 is 0 Å². The minimum Gasteiger partial charge on any atom is -0.335 e. The number of amidine groups is 1. The summed E-state index contributed by atoms with van der Waals surface area (Å²) in [7, 11) is 0. The highest BCUT2D eigenvalue weighted by Crippen LogP contribution is 2.41. The van der Waals surface area contributed by atoms with E-state index in [1.165, 1.54) is 12.8 Å². The topological polar surface area (TPSA) is 72.0 Å². The quantitative estimate of drug-likeness (QED) is 0.895. The molecule has 0 amide bonds. The number of nitrogens with one attached hydrogen (secondary N) is 1. The third-order valence-electron chi connectivity index (χ3n) is 3.34. The number of hydrogen-bond donors (Lipinski definition) is 1. The van der Waals surface area contributed by atoms with Gasteiger partial charge in [0.25, 0.3) is 0 Å². The molecule has 1 aromatic carbocycles. The number of aliphatic imine (C=N–C) groups is 1. The normalized spacial score (nSPS) is 21.4. The van der Waals surface area contributed by atoms with Gasteiger partial charge in [0.1, 0.15) is 12.1 Å². The van der Waals surface area contributed by atoms with E-state index in [0.717, 1.165) is 23.3 Å². The fourth-order valence-electron chi connectivity index (χ4n) is 2.11. The molecule has 1 fully saturated rings. The average Bonchev–Trinajstić information content (AvgIpc) is 3.19. The third-order valence-corrected chi connectivity index (χ3v) is 4.63.